The van der Waals surface area contributed by atoms with Gasteiger partial charge in [-0.3, -0.25) is 9.69 Å². The van der Waals surface area contributed by atoms with Crippen LogP contribution < -0.4 is 4.74 Å². The van der Waals surface area contributed by atoms with Crippen LogP contribution in [-0.2, 0) is 0 Å². The lowest BCUT2D eigenvalue weighted by Gasteiger charge is -2.25. The molecule has 0 amide bonds. The van der Waals surface area contributed by atoms with E-state index >= 15 is 0 Å². The first-order valence-corrected chi connectivity index (χ1v) is 9.93. The van der Waals surface area contributed by atoms with E-state index in [0.29, 0.717) is 28.9 Å². The van der Waals surface area contributed by atoms with Crippen molar-refractivity contribution in [3.05, 3.63) is 53.3 Å². The summed E-state index contributed by atoms with van der Waals surface area (Å²) in [4.78, 5) is 20.1. The number of nitriles is 1. The molecule has 0 unspecified atom stereocenters. The maximum Gasteiger partial charge on any atom is 0.180 e. The number of carbonyl (C=O) groups is 1. The zero-order valence-electron chi connectivity index (χ0n) is 16.8. The van der Waals surface area contributed by atoms with Crippen LogP contribution >= 0.6 is 0 Å². The minimum atomic E-state index is 0.0967. The molecule has 1 saturated heterocycles. The van der Waals surface area contributed by atoms with Gasteiger partial charge in [0, 0.05) is 17.4 Å². The smallest absolute Gasteiger partial charge is 0.180 e. The van der Waals surface area contributed by atoms with Crippen molar-refractivity contribution in [3.63, 3.8) is 0 Å². The monoisotopic (exact) mass is 388 g/mol. The summed E-state index contributed by atoms with van der Waals surface area (Å²) in [7, 11) is 1.60. The zero-order valence-corrected chi connectivity index (χ0v) is 16.8. The number of ketones is 1. The number of aromatic nitrogens is 2. The van der Waals surface area contributed by atoms with E-state index in [2.05, 4.69) is 16.0 Å². The molecular weight excluding hydrogens is 364 g/mol. The summed E-state index contributed by atoms with van der Waals surface area (Å²) in [5, 5.41) is 9.09. The molecule has 0 aliphatic carbocycles. The van der Waals surface area contributed by atoms with E-state index in [1.54, 1.807) is 25.4 Å². The van der Waals surface area contributed by atoms with Crippen LogP contribution in [0.25, 0.3) is 16.7 Å². The van der Waals surface area contributed by atoms with Gasteiger partial charge in [-0.05, 0) is 57.1 Å². The molecule has 0 bridgehead atoms. The molecule has 0 radical (unpaired) electrons. The van der Waals surface area contributed by atoms with E-state index in [4.69, 9.17) is 10.00 Å². The van der Waals surface area contributed by atoms with Gasteiger partial charge < -0.3 is 9.30 Å². The number of hydrogen-bond acceptors (Lipinski definition) is 5. The van der Waals surface area contributed by atoms with Crippen molar-refractivity contribution in [3.8, 4) is 17.5 Å². The number of fused-ring (bicyclic) bond motifs is 1. The van der Waals surface area contributed by atoms with Crippen molar-refractivity contribution in [2.45, 2.75) is 26.2 Å². The van der Waals surface area contributed by atoms with Gasteiger partial charge in [-0.25, -0.2) is 4.98 Å². The summed E-state index contributed by atoms with van der Waals surface area (Å²) >= 11 is 0. The van der Waals surface area contributed by atoms with Gasteiger partial charge in [-0.1, -0.05) is 6.42 Å². The van der Waals surface area contributed by atoms with Gasteiger partial charge in [-0.2, -0.15) is 5.26 Å². The molecule has 1 aromatic carbocycles. The normalized spacial score (nSPS) is 14.7. The number of methoxy groups -OCH3 is 1. The molecule has 0 spiro atoms. The highest BCUT2D eigenvalue weighted by Crippen LogP contribution is 2.31. The van der Waals surface area contributed by atoms with Gasteiger partial charge in [0.2, 0.25) is 0 Å². The average Bonchev–Trinajstić information content (AvgIpc) is 3.05. The lowest BCUT2D eigenvalue weighted by Crippen LogP contribution is -2.34. The van der Waals surface area contributed by atoms with Crippen molar-refractivity contribution in [2.75, 3.05) is 26.7 Å². The van der Waals surface area contributed by atoms with Crippen molar-refractivity contribution < 1.29 is 9.53 Å². The van der Waals surface area contributed by atoms with E-state index in [-0.39, 0.29) is 5.78 Å². The Kier molecular flexibility index (Phi) is 5.32. The molecule has 1 fully saturated rings. The number of rotatable bonds is 5. The molecule has 1 aliphatic heterocycles. The number of pyridine rings is 1. The second kappa shape index (κ2) is 8.06. The highest BCUT2D eigenvalue weighted by Gasteiger charge is 2.24. The van der Waals surface area contributed by atoms with Gasteiger partial charge in [-0.15, -0.1) is 0 Å². The number of piperidine rings is 1. The Morgan fingerprint density at radius 3 is 2.59 bits per heavy atom. The van der Waals surface area contributed by atoms with Gasteiger partial charge >= 0.3 is 0 Å². The second-order valence-electron chi connectivity index (χ2n) is 7.46. The molecule has 0 atom stereocenters. The first-order chi connectivity index (χ1) is 14.1. The molecule has 0 saturated carbocycles. The van der Waals surface area contributed by atoms with Crippen LogP contribution in [-0.4, -0.2) is 47.0 Å². The fourth-order valence-corrected chi connectivity index (χ4v) is 4.12. The van der Waals surface area contributed by atoms with Gasteiger partial charge in [0.05, 0.1) is 48.1 Å². The van der Waals surface area contributed by atoms with Crippen molar-refractivity contribution in [1.82, 2.24) is 14.5 Å². The SMILES string of the molecule is COc1cnc2c(C(=O)CN3CCCCC3)c(C)n(-c3ccc(C#N)cc3)c2c1. The van der Waals surface area contributed by atoms with Gasteiger partial charge in [0.15, 0.2) is 5.78 Å². The zero-order chi connectivity index (χ0) is 20.4. The largest absolute Gasteiger partial charge is 0.495 e. The van der Waals surface area contributed by atoms with Crippen LogP contribution in [0.4, 0.5) is 0 Å². The first-order valence-electron chi connectivity index (χ1n) is 9.93. The summed E-state index contributed by atoms with van der Waals surface area (Å²) in [6, 6.07) is 11.4. The second-order valence-corrected chi connectivity index (χ2v) is 7.46. The third kappa shape index (κ3) is 3.62. The van der Waals surface area contributed by atoms with E-state index < -0.39 is 0 Å². The van der Waals surface area contributed by atoms with E-state index in [9.17, 15) is 4.79 Å². The summed E-state index contributed by atoms with van der Waals surface area (Å²) < 4.78 is 7.39. The predicted octanol–water partition coefficient (Wildman–Crippen LogP) is 3.88. The number of hydrogen-bond donors (Lipinski definition) is 0. The number of likely N-dealkylation sites (tertiary alicyclic amines) is 1. The molecule has 148 valence electrons. The van der Waals surface area contributed by atoms with Crippen molar-refractivity contribution in [2.24, 2.45) is 0 Å². The molecule has 29 heavy (non-hydrogen) atoms. The maximum absolute atomic E-state index is 13.3. The molecule has 6 nitrogen and oxygen atoms in total. The summed E-state index contributed by atoms with van der Waals surface area (Å²) in [5.74, 6) is 0.736. The van der Waals surface area contributed by atoms with Crippen LogP contribution in [0.5, 0.6) is 5.75 Å². The van der Waals surface area contributed by atoms with Crippen LogP contribution in [0.3, 0.4) is 0 Å². The molecule has 3 heterocycles. The molecule has 4 rings (SSSR count). The van der Waals surface area contributed by atoms with Crippen molar-refractivity contribution in [1.29, 1.82) is 5.26 Å². The number of nitrogens with zero attached hydrogens (tertiary/aromatic N) is 4. The van der Waals surface area contributed by atoms with Crippen LogP contribution in [0.1, 0.15) is 40.9 Å². The minimum Gasteiger partial charge on any atom is -0.495 e. The topological polar surface area (TPSA) is 71.2 Å². The summed E-state index contributed by atoms with van der Waals surface area (Å²) in [6.07, 6.45) is 5.19. The third-order valence-corrected chi connectivity index (χ3v) is 5.60. The molecule has 2 aromatic heterocycles. The van der Waals surface area contributed by atoms with E-state index in [1.807, 2.05) is 29.7 Å². The highest BCUT2D eigenvalue weighted by atomic mass is 16.5. The Hall–Kier alpha value is -3.17. The first kappa shape index (κ1) is 19.2. The third-order valence-electron chi connectivity index (χ3n) is 5.60. The average molecular weight is 388 g/mol. The minimum absolute atomic E-state index is 0.0967. The predicted molar refractivity (Wildman–Crippen MR) is 112 cm³/mol. The Morgan fingerprint density at radius 1 is 1.21 bits per heavy atom. The Morgan fingerprint density at radius 2 is 1.93 bits per heavy atom. The maximum atomic E-state index is 13.3. The van der Waals surface area contributed by atoms with Crippen LogP contribution in [0.15, 0.2) is 36.5 Å². The number of benzene rings is 1. The number of ether oxygens (including phenoxy) is 1. The number of Topliss-reactive ketones (excluding diaryl/α,β-unsaturated/α-hetero) is 1. The highest BCUT2D eigenvalue weighted by molar-refractivity contribution is 6.09. The molecule has 6 heteroatoms. The van der Waals surface area contributed by atoms with Crippen LogP contribution in [0, 0.1) is 18.3 Å². The number of carbonyl (C=O) groups excluding carboxylic acids is 1. The molecule has 0 N–H and O–H groups in total. The molecule has 3 aromatic rings. The Balaban J connectivity index is 1.83. The standard InChI is InChI=1S/C23H24N4O2/c1-16-22(21(28)15-26-10-4-3-5-11-26)23-20(12-19(29-2)14-25-23)27(16)18-8-6-17(13-24)7-9-18/h6-9,12,14H,3-5,10-11,15H2,1-2H3. The summed E-state index contributed by atoms with van der Waals surface area (Å²) in [6.45, 7) is 4.32. The van der Waals surface area contributed by atoms with E-state index in [0.717, 1.165) is 42.8 Å². The summed E-state index contributed by atoms with van der Waals surface area (Å²) in [5.41, 5.74) is 4.52. The Bertz CT molecular complexity index is 1090. The van der Waals surface area contributed by atoms with E-state index in [1.165, 1.54) is 6.42 Å². The van der Waals surface area contributed by atoms with Crippen molar-refractivity contribution >= 4 is 16.8 Å². The lowest BCUT2D eigenvalue weighted by atomic mass is 10.1. The van der Waals surface area contributed by atoms with Crippen LogP contribution in [0.2, 0.25) is 0 Å². The Labute approximate surface area is 170 Å². The lowest BCUT2D eigenvalue weighted by molar-refractivity contribution is 0.0916. The quantitative estimate of drug-likeness (QED) is 0.620. The fourth-order valence-electron chi connectivity index (χ4n) is 4.12. The molecule has 1 aliphatic rings. The van der Waals surface area contributed by atoms with Gasteiger partial charge in [0.1, 0.15) is 5.75 Å². The molecular formula is C23H24N4O2. The fraction of sp³-hybridized carbons (Fsp3) is 0.348. The van der Waals surface area contributed by atoms with Gasteiger partial charge in [0.25, 0.3) is 0 Å².